The predicted molar refractivity (Wildman–Crippen MR) is 89.3 cm³/mol. The molecule has 0 saturated heterocycles. The molecule has 2 aromatic carbocycles. The second kappa shape index (κ2) is 6.54. The van der Waals surface area contributed by atoms with Crippen LogP contribution in [0.2, 0.25) is 0 Å². The lowest BCUT2D eigenvalue weighted by Crippen LogP contribution is -2.15. The zero-order chi connectivity index (χ0) is 14.7. The first-order valence-corrected chi connectivity index (χ1v) is 8.62. The molecule has 1 saturated carbocycles. The second-order valence-corrected chi connectivity index (χ2v) is 6.40. The Kier molecular flexibility index (Phi) is 4.51. The van der Waals surface area contributed by atoms with E-state index >= 15 is 0 Å². The molecule has 1 aliphatic carbocycles. The van der Waals surface area contributed by atoms with Crippen molar-refractivity contribution in [2.75, 3.05) is 6.26 Å². The summed E-state index contributed by atoms with van der Waals surface area (Å²) < 4.78 is 5.92. The second-order valence-electron chi connectivity index (χ2n) is 5.52. The molecule has 21 heavy (non-hydrogen) atoms. The Morgan fingerprint density at radius 1 is 1.10 bits per heavy atom. The van der Waals surface area contributed by atoms with Crippen molar-refractivity contribution in [3.8, 4) is 11.5 Å². The van der Waals surface area contributed by atoms with Crippen molar-refractivity contribution in [1.29, 1.82) is 0 Å². The monoisotopic (exact) mass is 299 g/mol. The Morgan fingerprint density at radius 2 is 1.81 bits per heavy atom. The van der Waals surface area contributed by atoms with Gasteiger partial charge in [-0.05, 0) is 73.5 Å². The maximum absolute atomic E-state index is 5.92. The number of benzene rings is 2. The highest BCUT2D eigenvalue weighted by molar-refractivity contribution is 7.98. The summed E-state index contributed by atoms with van der Waals surface area (Å²) >= 11 is 1.74. The Labute approximate surface area is 130 Å². The van der Waals surface area contributed by atoms with E-state index in [1.807, 2.05) is 12.1 Å². The molecule has 0 bridgehead atoms. The fraction of sp³-hybridized carbons (Fsp3) is 0.333. The summed E-state index contributed by atoms with van der Waals surface area (Å²) in [5, 5.41) is 3.55. The van der Waals surface area contributed by atoms with Crippen LogP contribution in [0.3, 0.4) is 0 Å². The van der Waals surface area contributed by atoms with Crippen molar-refractivity contribution >= 4 is 11.8 Å². The van der Waals surface area contributed by atoms with Crippen molar-refractivity contribution in [3.05, 3.63) is 53.6 Å². The minimum absolute atomic E-state index is 0.746. The number of nitrogens with one attached hydrogen (secondary N) is 1. The first-order valence-electron chi connectivity index (χ1n) is 7.39. The average Bonchev–Trinajstić information content (AvgIpc) is 3.31. The highest BCUT2D eigenvalue weighted by Crippen LogP contribution is 2.26. The lowest BCUT2D eigenvalue weighted by Gasteiger charge is -2.11. The predicted octanol–water partition coefficient (Wildman–Crippen LogP) is 4.76. The van der Waals surface area contributed by atoms with Crippen molar-refractivity contribution in [1.82, 2.24) is 5.32 Å². The Balaban J connectivity index is 1.65. The summed E-state index contributed by atoms with van der Waals surface area (Å²) in [5.41, 5.74) is 2.63. The third-order valence-electron chi connectivity index (χ3n) is 3.77. The fourth-order valence-electron chi connectivity index (χ4n) is 2.25. The molecule has 3 heteroatoms. The Bertz CT molecular complexity index is 605. The van der Waals surface area contributed by atoms with Crippen molar-refractivity contribution in [2.24, 2.45) is 0 Å². The Hall–Kier alpha value is -1.45. The lowest BCUT2D eigenvalue weighted by atomic mass is 10.1. The molecule has 0 aromatic heterocycles. The molecule has 2 aromatic rings. The fourth-order valence-corrected chi connectivity index (χ4v) is 2.66. The normalized spacial score (nSPS) is 14.2. The molecular formula is C18H21NOS. The number of thioether (sulfide) groups is 1. The Morgan fingerprint density at radius 3 is 2.43 bits per heavy atom. The van der Waals surface area contributed by atoms with Gasteiger partial charge in [0.25, 0.3) is 0 Å². The zero-order valence-corrected chi connectivity index (χ0v) is 13.4. The number of hydrogen-bond donors (Lipinski definition) is 1. The molecule has 1 fully saturated rings. The summed E-state index contributed by atoms with van der Waals surface area (Å²) in [5.74, 6) is 1.79. The third kappa shape index (κ3) is 4.02. The van der Waals surface area contributed by atoms with Gasteiger partial charge in [0.05, 0.1) is 0 Å². The summed E-state index contributed by atoms with van der Waals surface area (Å²) in [4.78, 5) is 1.25. The number of hydrogen-bond acceptors (Lipinski definition) is 3. The molecule has 1 aliphatic rings. The van der Waals surface area contributed by atoms with E-state index in [0.29, 0.717) is 0 Å². The first kappa shape index (κ1) is 14.5. The molecule has 0 atom stereocenters. The molecule has 2 nitrogen and oxygen atoms in total. The lowest BCUT2D eigenvalue weighted by molar-refractivity contribution is 0.481. The quantitative estimate of drug-likeness (QED) is 0.777. The van der Waals surface area contributed by atoms with Crippen LogP contribution in [0.15, 0.2) is 47.4 Å². The van der Waals surface area contributed by atoms with Crippen LogP contribution >= 0.6 is 11.8 Å². The van der Waals surface area contributed by atoms with Gasteiger partial charge in [0.2, 0.25) is 0 Å². The zero-order valence-electron chi connectivity index (χ0n) is 12.6. The molecule has 0 amide bonds. The highest BCUT2D eigenvalue weighted by atomic mass is 32.2. The van der Waals surface area contributed by atoms with Crippen LogP contribution in [0.4, 0.5) is 0 Å². The molecule has 0 spiro atoms. The summed E-state index contributed by atoms with van der Waals surface area (Å²) in [6.07, 6.45) is 4.73. The van der Waals surface area contributed by atoms with E-state index in [9.17, 15) is 0 Å². The van der Waals surface area contributed by atoms with Gasteiger partial charge in [-0.3, -0.25) is 0 Å². The minimum atomic E-state index is 0.746. The molecule has 110 valence electrons. The molecule has 0 aliphatic heterocycles. The molecule has 1 N–H and O–H groups in total. The van der Waals surface area contributed by atoms with E-state index in [1.54, 1.807) is 11.8 Å². The standard InChI is InChI=1S/C18H21NOS/c1-13-11-17(6-3-14(13)12-19-15-4-5-15)20-16-7-9-18(21-2)10-8-16/h3,6-11,15,19H,4-5,12H2,1-2H3. The van der Waals surface area contributed by atoms with Crippen LogP contribution in [-0.2, 0) is 6.54 Å². The van der Waals surface area contributed by atoms with Gasteiger partial charge < -0.3 is 10.1 Å². The van der Waals surface area contributed by atoms with E-state index in [-0.39, 0.29) is 0 Å². The number of rotatable bonds is 6. The summed E-state index contributed by atoms with van der Waals surface area (Å²) in [6, 6.07) is 15.3. The van der Waals surface area contributed by atoms with Gasteiger partial charge in [0.1, 0.15) is 11.5 Å². The third-order valence-corrected chi connectivity index (χ3v) is 4.51. The van der Waals surface area contributed by atoms with E-state index < -0.39 is 0 Å². The summed E-state index contributed by atoms with van der Waals surface area (Å²) in [6.45, 7) is 3.10. The van der Waals surface area contributed by atoms with Gasteiger partial charge in [0.15, 0.2) is 0 Å². The minimum Gasteiger partial charge on any atom is -0.457 e. The molecule has 3 rings (SSSR count). The van der Waals surface area contributed by atoms with E-state index in [4.69, 9.17) is 4.74 Å². The average molecular weight is 299 g/mol. The number of aryl methyl sites for hydroxylation is 1. The van der Waals surface area contributed by atoms with Gasteiger partial charge in [-0.2, -0.15) is 0 Å². The molecule has 0 unspecified atom stereocenters. The molecular weight excluding hydrogens is 278 g/mol. The van der Waals surface area contributed by atoms with E-state index in [2.05, 4.69) is 48.8 Å². The smallest absolute Gasteiger partial charge is 0.127 e. The maximum Gasteiger partial charge on any atom is 0.127 e. The summed E-state index contributed by atoms with van der Waals surface area (Å²) in [7, 11) is 0. The SMILES string of the molecule is CSc1ccc(Oc2ccc(CNC3CC3)c(C)c2)cc1. The maximum atomic E-state index is 5.92. The van der Waals surface area contributed by atoms with Crippen LogP contribution in [0.5, 0.6) is 11.5 Å². The number of ether oxygens (including phenoxy) is 1. The van der Waals surface area contributed by atoms with Gasteiger partial charge in [-0.15, -0.1) is 11.8 Å². The van der Waals surface area contributed by atoms with Crippen LogP contribution in [-0.4, -0.2) is 12.3 Å². The first-order chi connectivity index (χ1) is 10.2. The van der Waals surface area contributed by atoms with Crippen LogP contribution in [0.1, 0.15) is 24.0 Å². The van der Waals surface area contributed by atoms with Gasteiger partial charge in [-0.1, -0.05) is 6.07 Å². The largest absolute Gasteiger partial charge is 0.457 e. The highest BCUT2D eigenvalue weighted by Gasteiger charge is 2.20. The van der Waals surface area contributed by atoms with Gasteiger partial charge in [-0.25, -0.2) is 0 Å². The van der Waals surface area contributed by atoms with Gasteiger partial charge >= 0.3 is 0 Å². The van der Waals surface area contributed by atoms with Crippen LogP contribution < -0.4 is 10.1 Å². The van der Waals surface area contributed by atoms with Crippen molar-refractivity contribution < 1.29 is 4.74 Å². The van der Waals surface area contributed by atoms with Crippen LogP contribution in [0.25, 0.3) is 0 Å². The molecule has 0 radical (unpaired) electrons. The van der Waals surface area contributed by atoms with Crippen LogP contribution in [0, 0.1) is 6.92 Å². The van der Waals surface area contributed by atoms with E-state index in [0.717, 1.165) is 24.1 Å². The van der Waals surface area contributed by atoms with Crippen molar-refractivity contribution in [2.45, 2.75) is 37.2 Å². The van der Waals surface area contributed by atoms with Crippen molar-refractivity contribution in [3.63, 3.8) is 0 Å². The van der Waals surface area contributed by atoms with E-state index in [1.165, 1.54) is 28.9 Å². The van der Waals surface area contributed by atoms with Gasteiger partial charge in [0, 0.05) is 17.5 Å². The topological polar surface area (TPSA) is 21.3 Å². The molecule has 0 heterocycles.